The van der Waals surface area contributed by atoms with Crippen molar-refractivity contribution < 1.29 is 4.74 Å². The maximum atomic E-state index is 6.14. The minimum absolute atomic E-state index is 0.323. The van der Waals surface area contributed by atoms with Crippen molar-refractivity contribution in [1.29, 1.82) is 0 Å². The van der Waals surface area contributed by atoms with Gasteiger partial charge in [0.1, 0.15) is 5.75 Å². The van der Waals surface area contributed by atoms with E-state index in [9.17, 15) is 0 Å². The van der Waals surface area contributed by atoms with Crippen LogP contribution in [0.15, 0.2) is 42.5 Å². The third-order valence-corrected chi connectivity index (χ3v) is 3.92. The molecule has 4 heteroatoms. The molecule has 1 aliphatic rings. The first kappa shape index (κ1) is 12.6. The number of nitrogens with one attached hydrogen (secondary N) is 1. The SMILES string of the molecule is Clc1cccc(Cl)c1NCC1COc2ccccc21. The molecule has 0 amide bonds. The van der Waals surface area contributed by atoms with Crippen LogP contribution in [-0.4, -0.2) is 13.2 Å². The molecule has 0 radical (unpaired) electrons. The number of para-hydroxylation sites is 2. The summed E-state index contributed by atoms with van der Waals surface area (Å²) in [7, 11) is 0. The minimum atomic E-state index is 0.323. The maximum Gasteiger partial charge on any atom is 0.122 e. The molecule has 1 aliphatic heterocycles. The van der Waals surface area contributed by atoms with Crippen molar-refractivity contribution in [3.63, 3.8) is 0 Å². The van der Waals surface area contributed by atoms with Gasteiger partial charge in [0.15, 0.2) is 0 Å². The lowest BCUT2D eigenvalue weighted by atomic mass is 10.0. The highest BCUT2D eigenvalue weighted by molar-refractivity contribution is 6.39. The van der Waals surface area contributed by atoms with E-state index in [0.717, 1.165) is 18.0 Å². The first-order chi connectivity index (χ1) is 9.25. The third-order valence-electron chi connectivity index (χ3n) is 3.29. The van der Waals surface area contributed by atoms with Crippen LogP contribution in [-0.2, 0) is 0 Å². The van der Waals surface area contributed by atoms with E-state index in [4.69, 9.17) is 27.9 Å². The molecule has 0 aromatic heterocycles. The summed E-state index contributed by atoms with van der Waals surface area (Å²) in [6, 6.07) is 13.6. The monoisotopic (exact) mass is 293 g/mol. The van der Waals surface area contributed by atoms with Crippen molar-refractivity contribution >= 4 is 28.9 Å². The van der Waals surface area contributed by atoms with Gasteiger partial charge < -0.3 is 10.1 Å². The van der Waals surface area contributed by atoms with Crippen LogP contribution in [0, 0.1) is 0 Å². The number of fused-ring (bicyclic) bond motifs is 1. The Balaban J connectivity index is 1.75. The Bertz CT molecular complexity index is 580. The molecule has 0 spiro atoms. The zero-order chi connectivity index (χ0) is 13.2. The first-order valence-electron chi connectivity index (χ1n) is 6.15. The zero-order valence-electron chi connectivity index (χ0n) is 10.2. The Hall–Kier alpha value is -1.38. The van der Waals surface area contributed by atoms with Gasteiger partial charge in [0, 0.05) is 18.0 Å². The van der Waals surface area contributed by atoms with Crippen LogP contribution in [0.2, 0.25) is 10.0 Å². The zero-order valence-corrected chi connectivity index (χ0v) is 11.7. The highest BCUT2D eigenvalue weighted by atomic mass is 35.5. The lowest BCUT2D eigenvalue weighted by molar-refractivity contribution is 0.334. The molecule has 0 fully saturated rings. The molecule has 0 bridgehead atoms. The fourth-order valence-corrected chi connectivity index (χ4v) is 2.82. The van der Waals surface area contributed by atoms with E-state index < -0.39 is 0 Å². The molecule has 98 valence electrons. The van der Waals surface area contributed by atoms with Gasteiger partial charge in [-0.15, -0.1) is 0 Å². The van der Waals surface area contributed by atoms with E-state index in [2.05, 4.69) is 11.4 Å². The van der Waals surface area contributed by atoms with Gasteiger partial charge in [-0.25, -0.2) is 0 Å². The predicted molar refractivity (Wildman–Crippen MR) is 79.6 cm³/mol. The van der Waals surface area contributed by atoms with Crippen molar-refractivity contribution in [2.24, 2.45) is 0 Å². The molecule has 3 rings (SSSR count). The molecular weight excluding hydrogens is 281 g/mol. The number of hydrogen-bond acceptors (Lipinski definition) is 2. The summed E-state index contributed by atoms with van der Waals surface area (Å²) in [6.45, 7) is 1.44. The quantitative estimate of drug-likeness (QED) is 0.894. The second kappa shape index (κ2) is 5.32. The Morgan fingerprint density at radius 2 is 1.79 bits per heavy atom. The number of benzene rings is 2. The molecule has 19 heavy (non-hydrogen) atoms. The number of halogens is 2. The van der Waals surface area contributed by atoms with Gasteiger partial charge in [-0.1, -0.05) is 47.5 Å². The maximum absolute atomic E-state index is 6.14. The smallest absolute Gasteiger partial charge is 0.122 e. The topological polar surface area (TPSA) is 21.3 Å². The molecule has 2 aromatic rings. The van der Waals surface area contributed by atoms with E-state index in [1.54, 1.807) is 0 Å². The van der Waals surface area contributed by atoms with Crippen LogP contribution in [0.5, 0.6) is 5.75 Å². The Kier molecular flexibility index (Phi) is 3.54. The number of anilines is 1. The molecule has 0 saturated heterocycles. The van der Waals surface area contributed by atoms with E-state index in [0.29, 0.717) is 22.6 Å². The van der Waals surface area contributed by atoms with Crippen molar-refractivity contribution in [1.82, 2.24) is 0 Å². The average molecular weight is 294 g/mol. The molecule has 1 N–H and O–H groups in total. The largest absolute Gasteiger partial charge is 0.493 e. The van der Waals surface area contributed by atoms with Crippen LogP contribution in [0.4, 0.5) is 5.69 Å². The van der Waals surface area contributed by atoms with Crippen molar-refractivity contribution in [2.45, 2.75) is 5.92 Å². The van der Waals surface area contributed by atoms with Crippen LogP contribution in [0.25, 0.3) is 0 Å². The third kappa shape index (κ3) is 2.51. The highest BCUT2D eigenvalue weighted by Gasteiger charge is 2.23. The van der Waals surface area contributed by atoms with Gasteiger partial charge in [-0.05, 0) is 18.2 Å². The van der Waals surface area contributed by atoms with Crippen molar-refractivity contribution in [2.75, 3.05) is 18.5 Å². The van der Waals surface area contributed by atoms with Gasteiger partial charge in [0.2, 0.25) is 0 Å². The average Bonchev–Trinajstić information content (AvgIpc) is 2.82. The summed E-state index contributed by atoms with van der Waals surface area (Å²) >= 11 is 12.3. The summed E-state index contributed by atoms with van der Waals surface area (Å²) in [5, 5.41) is 4.60. The molecule has 0 saturated carbocycles. The Morgan fingerprint density at radius 3 is 2.58 bits per heavy atom. The van der Waals surface area contributed by atoms with Crippen LogP contribution < -0.4 is 10.1 Å². The van der Waals surface area contributed by atoms with E-state index in [1.165, 1.54) is 5.56 Å². The molecule has 2 nitrogen and oxygen atoms in total. The standard InChI is InChI=1S/C15H13Cl2NO/c16-12-5-3-6-13(17)15(12)18-8-10-9-19-14-7-2-1-4-11(10)14/h1-7,10,18H,8-9H2. The van der Waals surface area contributed by atoms with Crippen LogP contribution >= 0.6 is 23.2 Å². The van der Waals surface area contributed by atoms with Gasteiger partial charge in [-0.3, -0.25) is 0 Å². The summed E-state index contributed by atoms with van der Waals surface area (Å²) in [5.74, 6) is 1.29. The fourth-order valence-electron chi connectivity index (χ4n) is 2.29. The van der Waals surface area contributed by atoms with Gasteiger partial charge in [0.25, 0.3) is 0 Å². The van der Waals surface area contributed by atoms with Crippen LogP contribution in [0.1, 0.15) is 11.5 Å². The first-order valence-corrected chi connectivity index (χ1v) is 6.91. The lowest BCUT2D eigenvalue weighted by Crippen LogP contribution is -2.14. The molecule has 1 heterocycles. The van der Waals surface area contributed by atoms with Crippen molar-refractivity contribution in [3.8, 4) is 5.75 Å². The Morgan fingerprint density at radius 1 is 1.05 bits per heavy atom. The van der Waals surface area contributed by atoms with Gasteiger partial charge in [0.05, 0.1) is 22.3 Å². The summed E-state index contributed by atoms with van der Waals surface area (Å²) in [6.07, 6.45) is 0. The van der Waals surface area contributed by atoms with Gasteiger partial charge in [-0.2, -0.15) is 0 Å². The normalized spacial score (nSPS) is 16.8. The molecule has 2 aromatic carbocycles. The fraction of sp³-hybridized carbons (Fsp3) is 0.200. The highest BCUT2D eigenvalue weighted by Crippen LogP contribution is 2.35. The van der Waals surface area contributed by atoms with E-state index >= 15 is 0 Å². The second-order valence-corrected chi connectivity index (χ2v) is 5.34. The Labute approximate surface area is 122 Å². The predicted octanol–water partition coefficient (Wildman–Crippen LogP) is 4.58. The second-order valence-electron chi connectivity index (χ2n) is 4.52. The van der Waals surface area contributed by atoms with Gasteiger partial charge >= 0.3 is 0 Å². The molecule has 1 unspecified atom stereocenters. The summed E-state index contributed by atoms with van der Waals surface area (Å²) in [4.78, 5) is 0. The minimum Gasteiger partial charge on any atom is -0.493 e. The van der Waals surface area contributed by atoms with E-state index in [1.807, 2.05) is 36.4 Å². The van der Waals surface area contributed by atoms with Crippen LogP contribution in [0.3, 0.4) is 0 Å². The summed E-state index contributed by atoms with van der Waals surface area (Å²) in [5.41, 5.74) is 2.02. The van der Waals surface area contributed by atoms with E-state index in [-0.39, 0.29) is 0 Å². The molecule has 0 aliphatic carbocycles. The lowest BCUT2D eigenvalue weighted by Gasteiger charge is -2.14. The van der Waals surface area contributed by atoms with Crippen molar-refractivity contribution in [3.05, 3.63) is 58.1 Å². The molecular formula is C15H13Cl2NO. The number of rotatable bonds is 3. The number of ether oxygens (including phenoxy) is 1. The number of hydrogen-bond donors (Lipinski definition) is 1. The summed E-state index contributed by atoms with van der Waals surface area (Å²) < 4.78 is 5.65. The molecule has 1 atom stereocenters.